The molecule has 0 aliphatic heterocycles. The third-order valence-corrected chi connectivity index (χ3v) is 13.1. The molecule has 4 aliphatic carbocycles. The number of hydrogen-bond acceptors (Lipinski definition) is 1. The average molecular weight is 859 g/mol. The van der Waals surface area contributed by atoms with Crippen molar-refractivity contribution in [3.8, 4) is 66.9 Å². The van der Waals surface area contributed by atoms with Crippen molar-refractivity contribution in [2.75, 3.05) is 0 Å². The van der Waals surface area contributed by atoms with Gasteiger partial charge in [0, 0.05) is 37.1 Å². The van der Waals surface area contributed by atoms with Gasteiger partial charge in [-0.3, -0.25) is 0 Å². The maximum atomic E-state index is 4.65. The van der Waals surface area contributed by atoms with E-state index in [-0.39, 0.29) is 30.9 Å². The van der Waals surface area contributed by atoms with E-state index in [1.807, 2.05) is 18.3 Å². The first kappa shape index (κ1) is 32.7. The van der Waals surface area contributed by atoms with Crippen LogP contribution in [0.15, 0.2) is 146 Å². The fourth-order valence-corrected chi connectivity index (χ4v) is 10.7. The summed E-state index contributed by atoms with van der Waals surface area (Å²) < 4.78 is 0. The molecule has 2 heteroatoms. The van der Waals surface area contributed by atoms with Crippen LogP contribution in [0.25, 0.3) is 66.9 Å². The molecule has 4 aliphatic rings. The Bertz CT molecular complexity index is 2400. The summed E-state index contributed by atoms with van der Waals surface area (Å²) in [5, 5.41) is 0. The van der Waals surface area contributed by atoms with E-state index in [0.717, 1.165) is 11.3 Å². The molecule has 0 bridgehead atoms. The van der Waals surface area contributed by atoms with Gasteiger partial charge in [0.25, 0.3) is 0 Å². The minimum absolute atomic E-state index is 0. The van der Waals surface area contributed by atoms with Crippen molar-refractivity contribution in [2.45, 2.75) is 62.2 Å². The zero-order chi connectivity index (χ0) is 34.3. The fraction of sp³-hybridized carbons (Fsp3) is 0.196. The fourth-order valence-electron chi connectivity index (χ4n) is 10.7. The molecule has 1 aromatic heterocycles. The number of rotatable bonds is 4. The van der Waals surface area contributed by atoms with Crippen molar-refractivity contribution in [1.29, 1.82) is 0 Å². The van der Waals surface area contributed by atoms with Crippen molar-refractivity contribution < 1.29 is 20.1 Å². The zero-order valence-corrected chi connectivity index (χ0v) is 32.2. The Morgan fingerprint density at radius 3 is 1.40 bits per heavy atom. The zero-order valence-electron chi connectivity index (χ0n) is 29.8. The van der Waals surface area contributed by atoms with E-state index < -0.39 is 0 Å². The third-order valence-electron chi connectivity index (χ3n) is 13.1. The molecule has 2 fully saturated rings. The van der Waals surface area contributed by atoms with E-state index in [1.165, 1.54) is 129 Å². The van der Waals surface area contributed by atoms with Gasteiger partial charge in [0.2, 0.25) is 0 Å². The molecule has 6 aromatic carbocycles. The monoisotopic (exact) mass is 859 g/mol. The molecular formula is C51H40IrN-. The van der Waals surface area contributed by atoms with Gasteiger partial charge in [0.1, 0.15) is 0 Å². The Labute approximate surface area is 326 Å². The third kappa shape index (κ3) is 4.96. The first-order valence-corrected chi connectivity index (χ1v) is 19.3. The van der Waals surface area contributed by atoms with Gasteiger partial charge in [-0.15, -0.1) is 35.4 Å². The molecule has 2 spiro atoms. The molecule has 1 nitrogen and oxygen atoms in total. The summed E-state index contributed by atoms with van der Waals surface area (Å²) in [4.78, 5) is 4.65. The van der Waals surface area contributed by atoms with Gasteiger partial charge in [0.05, 0.1) is 0 Å². The second-order valence-corrected chi connectivity index (χ2v) is 15.7. The predicted octanol–water partition coefficient (Wildman–Crippen LogP) is 13.2. The first-order chi connectivity index (χ1) is 25.7. The van der Waals surface area contributed by atoms with Gasteiger partial charge in [-0.25, -0.2) is 0 Å². The van der Waals surface area contributed by atoms with Gasteiger partial charge in [-0.1, -0.05) is 111 Å². The largest absolute Gasteiger partial charge is 0.305 e. The first-order valence-electron chi connectivity index (χ1n) is 19.3. The van der Waals surface area contributed by atoms with Crippen LogP contribution in [0.3, 0.4) is 0 Å². The molecule has 1 radical (unpaired) electrons. The van der Waals surface area contributed by atoms with Gasteiger partial charge in [0.15, 0.2) is 0 Å². The normalized spacial score (nSPS) is 16.6. The number of aromatic nitrogens is 1. The number of fused-ring (bicyclic) bond motifs is 10. The molecule has 0 N–H and O–H groups in total. The topological polar surface area (TPSA) is 12.9 Å². The minimum atomic E-state index is 0. The standard InChI is InChI=1S/C51H40N.Ir/c1-3-16-45-41(14-1)43-21-19-35(32-47(43)50(45)23-6-7-24-50)39-29-38(34-12-11-13-37(28-34)49-18-5-10-27-52-49)30-40(31-39)36-20-22-44-42-15-2-4-17-46(42)51(48(44)33-36)25-8-9-26-51;/h1-5,10-12,14-22,27-33H,6-9,23-26H2;/q-1;. The van der Waals surface area contributed by atoms with Crippen LogP contribution in [-0.4, -0.2) is 4.98 Å². The Hall–Kier alpha value is -4.88. The van der Waals surface area contributed by atoms with E-state index in [9.17, 15) is 0 Å². The van der Waals surface area contributed by atoms with Gasteiger partial charge in [-0.05, 0) is 140 Å². The van der Waals surface area contributed by atoms with Crippen LogP contribution in [0.5, 0.6) is 0 Å². The second-order valence-electron chi connectivity index (χ2n) is 15.7. The van der Waals surface area contributed by atoms with Crippen LogP contribution in [-0.2, 0) is 30.9 Å². The summed E-state index contributed by atoms with van der Waals surface area (Å²) in [5.41, 5.74) is 21.6. The number of hydrogen-bond donors (Lipinski definition) is 0. The molecular weight excluding hydrogens is 819 g/mol. The quantitative estimate of drug-likeness (QED) is 0.161. The van der Waals surface area contributed by atoms with Crippen LogP contribution >= 0.6 is 0 Å². The molecule has 2 saturated carbocycles. The predicted molar refractivity (Wildman–Crippen MR) is 214 cm³/mol. The average Bonchev–Trinajstić information content (AvgIpc) is 4.02. The summed E-state index contributed by atoms with van der Waals surface area (Å²) in [6.45, 7) is 0. The van der Waals surface area contributed by atoms with Gasteiger partial charge in [-0.2, -0.15) is 0 Å². The van der Waals surface area contributed by atoms with Crippen LogP contribution in [0, 0.1) is 6.07 Å². The Balaban J connectivity index is 0.00000349. The molecule has 0 amide bonds. The molecule has 0 unspecified atom stereocenters. The molecule has 7 aromatic rings. The summed E-state index contributed by atoms with van der Waals surface area (Å²) in [5.74, 6) is 0. The maximum absolute atomic E-state index is 4.65. The van der Waals surface area contributed by atoms with E-state index in [1.54, 1.807) is 0 Å². The second kappa shape index (κ2) is 12.6. The van der Waals surface area contributed by atoms with Crippen molar-refractivity contribution >= 4 is 0 Å². The maximum Gasteiger partial charge on any atom is 0.0215 e. The van der Waals surface area contributed by atoms with Gasteiger partial charge >= 0.3 is 0 Å². The van der Waals surface area contributed by atoms with E-state index >= 15 is 0 Å². The summed E-state index contributed by atoms with van der Waals surface area (Å²) in [7, 11) is 0. The van der Waals surface area contributed by atoms with E-state index in [0.29, 0.717) is 0 Å². The Morgan fingerprint density at radius 2 is 0.887 bits per heavy atom. The number of benzene rings is 6. The smallest absolute Gasteiger partial charge is 0.0215 e. The molecule has 0 saturated heterocycles. The Morgan fingerprint density at radius 1 is 0.415 bits per heavy atom. The molecule has 11 rings (SSSR count). The SMILES string of the molecule is [Ir].[c-]1ccc(-c2cc(-c3ccc4c(c3)C3(CCCC3)c3ccccc3-4)cc(-c3ccc4c(c3)C3(CCCC3)c3ccccc3-4)c2)cc1-c1ccccn1. The van der Waals surface area contributed by atoms with Crippen molar-refractivity contribution in [1.82, 2.24) is 4.98 Å². The minimum Gasteiger partial charge on any atom is -0.305 e. The van der Waals surface area contributed by atoms with E-state index in [2.05, 4.69) is 138 Å². The van der Waals surface area contributed by atoms with Crippen molar-refractivity contribution in [3.63, 3.8) is 0 Å². The summed E-state index contributed by atoms with van der Waals surface area (Å²) in [6.07, 6.45) is 12.0. The van der Waals surface area contributed by atoms with Crippen molar-refractivity contribution in [2.24, 2.45) is 0 Å². The molecule has 1 heterocycles. The summed E-state index contributed by atoms with van der Waals surface area (Å²) >= 11 is 0. The van der Waals surface area contributed by atoms with Crippen molar-refractivity contribution in [3.05, 3.63) is 174 Å². The van der Waals surface area contributed by atoms with Crippen LogP contribution in [0.1, 0.15) is 73.6 Å². The molecule has 0 atom stereocenters. The summed E-state index contributed by atoms with van der Waals surface area (Å²) in [6, 6.07) is 56.4. The van der Waals surface area contributed by atoms with E-state index in [4.69, 9.17) is 0 Å². The van der Waals surface area contributed by atoms with Crippen LogP contribution in [0.4, 0.5) is 0 Å². The number of pyridine rings is 1. The van der Waals surface area contributed by atoms with Crippen LogP contribution < -0.4 is 0 Å². The number of nitrogens with zero attached hydrogens (tertiary/aromatic N) is 1. The van der Waals surface area contributed by atoms with Gasteiger partial charge < -0.3 is 4.98 Å². The molecule has 53 heavy (non-hydrogen) atoms. The van der Waals surface area contributed by atoms with Crippen LogP contribution in [0.2, 0.25) is 0 Å². The molecule has 259 valence electrons. The Kier molecular flexibility index (Phi) is 7.80.